The second kappa shape index (κ2) is 15.8. The first-order valence-electron chi connectivity index (χ1n) is 17.4. The van der Waals surface area contributed by atoms with Crippen LogP contribution < -0.4 is 21.1 Å². The molecule has 15 heteroatoms. The van der Waals surface area contributed by atoms with Crippen molar-refractivity contribution in [1.29, 1.82) is 0 Å². The number of hydrogen-bond donors (Lipinski definition) is 3. The lowest BCUT2D eigenvalue weighted by atomic mass is 9.99. The van der Waals surface area contributed by atoms with E-state index in [0.29, 0.717) is 16.6 Å². The fourth-order valence-electron chi connectivity index (χ4n) is 6.78. The van der Waals surface area contributed by atoms with Gasteiger partial charge in [0.2, 0.25) is 11.8 Å². The first-order chi connectivity index (χ1) is 26.2. The number of benzene rings is 4. The van der Waals surface area contributed by atoms with E-state index in [0.717, 1.165) is 32.5 Å². The molecule has 5 aromatic rings. The first-order valence-corrected chi connectivity index (χ1v) is 18.2. The Bertz CT molecular complexity index is 2150. The number of ether oxygens (including phenoxy) is 2. The van der Waals surface area contributed by atoms with Gasteiger partial charge in [0, 0.05) is 32.2 Å². The minimum absolute atomic E-state index is 0.0824. The van der Waals surface area contributed by atoms with Crippen molar-refractivity contribution in [2.75, 3.05) is 38.3 Å². The van der Waals surface area contributed by atoms with Crippen LogP contribution in [0.25, 0.3) is 10.2 Å². The molecule has 3 heterocycles. The number of urea groups is 1. The van der Waals surface area contributed by atoms with Crippen LogP contribution in [0.3, 0.4) is 0 Å². The highest BCUT2D eigenvalue weighted by Gasteiger charge is 2.51. The maximum atomic E-state index is 14.4. The minimum atomic E-state index is -0.855. The molecule has 2 atom stereocenters. The average Bonchev–Trinajstić information content (AvgIpc) is 3.74. The van der Waals surface area contributed by atoms with Gasteiger partial charge in [0.05, 0.1) is 30.4 Å². The number of piperazine rings is 1. The summed E-state index contributed by atoms with van der Waals surface area (Å²) in [5.41, 5.74) is 10.7. The van der Waals surface area contributed by atoms with Gasteiger partial charge in [-0.15, -0.1) is 0 Å². The number of aromatic nitrogens is 1. The number of thiazole rings is 1. The molecule has 0 unspecified atom stereocenters. The topological polar surface area (TPSA) is 163 Å². The molecule has 4 aromatic carbocycles. The van der Waals surface area contributed by atoms with Crippen LogP contribution in [0.2, 0.25) is 0 Å². The van der Waals surface area contributed by atoms with E-state index in [-0.39, 0.29) is 51.0 Å². The Balaban J connectivity index is 1.09. The Hall–Kier alpha value is -6.19. The summed E-state index contributed by atoms with van der Waals surface area (Å²) in [5.74, 6) is 0.228. The number of amides is 5. The largest absolute Gasteiger partial charge is 0.497 e. The molecular weight excluding hydrogens is 709 g/mol. The summed E-state index contributed by atoms with van der Waals surface area (Å²) in [6, 6.07) is 28.4. The number of nitrogens with two attached hydrogens (primary N) is 1. The number of hydrogen-bond acceptors (Lipinski definition) is 10. The summed E-state index contributed by atoms with van der Waals surface area (Å²) in [6.07, 6.45) is -0.993. The number of carbonyl (C=O) groups excluding carboxylic acids is 4. The average molecular weight is 749 g/mol. The van der Waals surface area contributed by atoms with Crippen LogP contribution in [0, 0.1) is 0 Å². The number of anilines is 2. The maximum Gasteiger partial charge on any atom is 0.411 e. The number of hydrazine groups is 1. The molecule has 1 aromatic heterocycles. The molecule has 2 fully saturated rings. The predicted molar refractivity (Wildman–Crippen MR) is 204 cm³/mol. The number of carbonyl (C=O) groups is 4. The van der Waals surface area contributed by atoms with Gasteiger partial charge in [-0.2, -0.15) is 5.01 Å². The highest BCUT2D eigenvalue weighted by molar-refractivity contribution is 7.22. The molecule has 5 amide bonds. The molecule has 7 rings (SSSR count). The summed E-state index contributed by atoms with van der Waals surface area (Å²) in [5, 5.41) is 9.21. The lowest BCUT2D eigenvalue weighted by Crippen LogP contribution is -2.65. The zero-order valence-corrected chi connectivity index (χ0v) is 30.6. The Morgan fingerprint density at radius 1 is 0.944 bits per heavy atom. The van der Waals surface area contributed by atoms with Gasteiger partial charge < -0.3 is 30.3 Å². The van der Waals surface area contributed by atoms with E-state index >= 15 is 0 Å². The van der Waals surface area contributed by atoms with Crippen molar-refractivity contribution in [1.82, 2.24) is 30.1 Å². The number of methoxy groups -OCH3 is 1. The molecule has 4 N–H and O–H groups in total. The highest BCUT2D eigenvalue weighted by Crippen LogP contribution is 2.32. The molecular formula is C39H40N8O6S. The Morgan fingerprint density at radius 3 is 2.43 bits per heavy atom. The van der Waals surface area contributed by atoms with Gasteiger partial charge in [-0.05, 0) is 52.6 Å². The summed E-state index contributed by atoms with van der Waals surface area (Å²) < 4.78 is 11.5. The third-order valence-corrected chi connectivity index (χ3v) is 10.4. The molecule has 0 spiro atoms. The van der Waals surface area contributed by atoms with Crippen LogP contribution in [0.1, 0.15) is 22.3 Å². The summed E-state index contributed by atoms with van der Waals surface area (Å²) in [4.78, 5) is 61.9. The molecule has 54 heavy (non-hydrogen) atoms. The minimum Gasteiger partial charge on any atom is -0.497 e. The quantitative estimate of drug-likeness (QED) is 0.172. The third kappa shape index (κ3) is 7.91. The van der Waals surface area contributed by atoms with E-state index in [2.05, 4.69) is 15.6 Å². The second-order valence-corrected chi connectivity index (χ2v) is 14.1. The second-order valence-electron chi connectivity index (χ2n) is 13.0. The smallest absolute Gasteiger partial charge is 0.411 e. The van der Waals surface area contributed by atoms with Crippen molar-refractivity contribution < 1.29 is 28.7 Å². The van der Waals surface area contributed by atoms with E-state index in [1.807, 2.05) is 84.9 Å². The Morgan fingerprint density at radius 2 is 1.69 bits per heavy atom. The molecule has 0 aliphatic carbocycles. The van der Waals surface area contributed by atoms with E-state index in [9.17, 15) is 19.2 Å². The molecule has 14 nitrogen and oxygen atoms in total. The number of nitrogen functional groups attached to an aromatic ring is 1. The van der Waals surface area contributed by atoms with E-state index in [1.165, 1.54) is 16.3 Å². The molecule has 2 aliphatic heterocycles. The van der Waals surface area contributed by atoms with E-state index in [4.69, 9.17) is 15.2 Å². The third-order valence-electron chi connectivity index (χ3n) is 9.57. The SMILES string of the molecule is COc1ccc(CNC(=O)N(C)N2CC(=O)N3[C@@H](Cc4ccc(NC(=O)OCc5ccccc5)cc4)C(=O)N(Cc4cccc5sc(N)nc45)C[C@@H]32)cc1. The number of fused-ring (bicyclic) bond motifs is 2. The van der Waals surface area contributed by atoms with Crippen LogP contribution in [-0.2, 0) is 40.4 Å². The van der Waals surface area contributed by atoms with Crippen LogP contribution in [0.15, 0.2) is 97.1 Å². The normalized spacial score (nSPS) is 17.0. The summed E-state index contributed by atoms with van der Waals surface area (Å²) in [6.45, 7) is 0.732. The summed E-state index contributed by atoms with van der Waals surface area (Å²) in [7, 11) is 3.21. The maximum absolute atomic E-state index is 14.4. The van der Waals surface area contributed by atoms with Gasteiger partial charge in [0.15, 0.2) is 5.13 Å². The summed E-state index contributed by atoms with van der Waals surface area (Å²) >= 11 is 1.38. The van der Waals surface area contributed by atoms with Crippen molar-refractivity contribution in [3.05, 3.63) is 119 Å². The molecule has 0 radical (unpaired) electrons. The fraction of sp³-hybridized carbons (Fsp3) is 0.256. The first kappa shape index (κ1) is 36.2. The monoisotopic (exact) mass is 748 g/mol. The zero-order valence-electron chi connectivity index (χ0n) is 29.8. The van der Waals surface area contributed by atoms with Crippen LogP contribution >= 0.6 is 11.3 Å². The van der Waals surface area contributed by atoms with E-state index < -0.39 is 24.3 Å². The van der Waals surface area contributed by atoms with Gasteiger partial charge in [-0.25, -0.2) is 14.6 Å². The molecule has 0 bridgehead atoms. The lowest BCUT2D eigenvalue weighted by Gasteiger charge is -2.45. The van der Waals surface area contributed by atoms with Gasteiger partial charge in [0.25, 0.3) is 0 Å². The number of rotatable bonds is 11. The van der Waals surface area contributed by atoms with Crippen molar-refractivity contribution >= 4 is 56.3 Å². The van der Waals surface area contributed by atoms with Crippen molar-refractivity contribution in [2.24, 2.45) is 0 Å². The highest BCUT2D eigenvalue weighted by atomic mass is 32.1. The van der Waals surface area contributed by atoms with Crippen molar-refractivity contribution in [2.45, 2.75) is 38.3 Å². The molecule has 2 aliphatic rings. The zero-order chi connectivity index (χ0) is 37.8. The molecule has 0 saturated carbocycles. The number of nitrogens with zero attached hydrogens (tertiary/aromatic N) is 5. The predicted octanol–water partition coefficient (Wildman–Crippen LogP) is 4.82. The Kier molecular flexibility index (Phi) is 10.6. The number of nitrogens with one attached hydrogen (secondary N) is 2. The number of para-hydroxylation sites is 1. The molecule has 2 saturated heterocycles. The lowest BCUT2D eigenvalue weighted by molar-refractivity contribution is -0.157. The Labute approximate surface area is 316 Å². The van der Waals surface area contributed by atoms with Gasteiger partial charge in [-0.1, -0.05) is 78.1 Å². The van der Waals surface area contributed by atoms with E-state index in [1.54, 1.807) is 41.1 Å². The van der Waals surface area contributed by atoms with Gasteiger partial charge in [0.1, 0.15) is 24.6 Å². The van der Waals surface area contributed by atoms with Gasteiger partial charge >= 0.3 is 12.1 Å². The standard InChI is InChI=1S/C39H40N8O6S/c1-44(38(50)41-20-26-13-17-30(52-2)18-14-26)46-23-34(48)47-31(19-25-11-15-29(16-12-25)42-39(51)53-24-27-7-4-3-5-8-27)36(49)45(22-33(46)47)21-28-9-6-10-32-35(28)43-37(40)54-32/h3-18,31,33H,19-24H2,1-2H3,(H2,40,43)(H,41,50)(H,42,51)/t31-,33+/m0/s1. The van der Waals surface area contributed by atoms with Crippen LogP contribution in [0.5, 0.6) is 5.75 Å². The van der Waals surface area contributed by atoms with Crippen molar-refractivity contribution in [3.8, 4) is 5.75 Å². The van der Waals surface area contributed by atoms with Crippen LogP contribution in [0.4, 0.5) is 20.4 Å². The van der Waals surface area contributed by atoms with Crippen molar-refractivity contribution in [3.63, 3.8) is 0 Å². The molecule has 278 valence electrons. The van der Waals surface area contributed by atoms with Crippen LogP contribution in [-0.4, -0.2) is 88.2 Å². The van der Waals surface area contributed by atoms with Gasteiger partial charge in [-0.3, -0.25) is 19.9 Å². The fourth-order valence-corrected chi connectivity index (χ4v) is 7.56.